The van der Waals surface area contributed by atoms with E-state index < -0.39 is 5.91 Å². The van der Waals surface area contributed by atoms with Gasteiger partial charge in [-0.2, -0.15) is 5.10 Å². The van der Waals surface area contributed by atoms with Gasteiger partial charge in [-0.05, 0) is 116 Å². The lowest BCUT2D eigenvalue weighted by atomic mass is 10.2. The van der Waals surface area contributed by atoms with Gasteiger partial charge in [-0.1, -0.05) is 0 Å². The van der Waals surface area contributed by atoms with Crippen LogP contribution in [0, 0.1) is 17.4 Å². The van der Waals surface area contributed by atoms with Crippen LogP contribution < -0.4 is 14.9 Å². The lowest BCUT2D eigenvalue weighted by Crippen LogP contribution is -2.16. The molecule has 4 rings (SSSR count). The van der Waals surface area contributed by atoms with Gasteiger partial charge in [-0.15, -0.1) is 0 Å². The van der Waals surface area contributed by atoms with Gasteiger partial charge in [0.15, 0.2) is 5.76 Å². The molecule has 0 saturated heterocycles. The number of ether oxygens (including phenoxy) is 2. The highest BCUT2D eigenvalue weighted by molar-refractivity contribution is 14.1. The Labute approximate surface area is 217 Å². The highest BCUT2D eigenvalue weighted by atomic mass is 127. The fourth-order valence-corrected chi connectivity index (χ4v) is 4.28. The lowest BCUT2D eigenvalue weighted by Gasteiger charge is -2.10. The van der Waals surface area contributed by atoms with Crippen LogP contribution in [-0.4, -0.2) is 23.3 Å². The fraction of sp³-hybridized carbons (Fsp3) is 0.185. The quantitative estimate of drug-likeness (QED) is 0.148. The maximum atomic E-state index is 12.4. The van der Waals surface area contributed by atoms with E-state index in [0.29, 0.717) is 18.1 Å². The molecular formula is C27H26IN3O4. The fourth-order valence-electron chi connectivity index (χ4n) is 3.59. The SMILES string of the molecule is CCOc1ccc(/C=N/NC(=O)c2ccc(COc3ccc(-n4c(C)ccc4C)cc3)o2)cc1I. The van der Waals surface area contributed by atoms with Gasteiger partial charge >= 0.3 is 5.91 Å². The topological polar surface area (TPSA) is 78.0 Å². The van der Waals surface area contributed by atoms with Crippen molar-refractivity contribution in [3.05, 3.63) is 98.8 Å². The van der Waals surface area contributed by atoms with E-state index in [-0.39, 0.29) is 12.4 Å². The van der Waals surface area contributed by atoms with Crippen molar-refractivity contribution in [1.29, 1.82) is 0 Å². The molecule has 0 aliphatic heterocycles. The molecule has 8 heteroatoms. The van der Waals surface area contributed by atoms with Crippen molar-refractivity contribution in [3.63, 3.8) is 0 Å². The van der Waals surface area contributed by atoms with E-state index >= 15 is 0 Å². The van der Waals surface area contributed by atoms with Gasteiger partial charge in [0.1, 0.15) is 23.9 Å². The van der Waals surface area contributed by atoms with Gasteiger partial charge < -0.3 is 18.5 Å². The third-order valence-electron chi connectivity index (χ3n) is 5.27. The van der Waals surface area contributed by atoms with Crippen LogP contribution in [0.1, 0.15) is 40.2 Å². The third-order valence-corrected chi connectivity index (χ3v) is 6.11. The molecule has 0 aliphatic rings. The second-order valence-electron chi connectivity index (χ2n) is 7.82. The molecule has 0 radical (unpaired) electrons. The van der Waals surface area contributed by atoms with Crippen LogP contribution >= 0.6 is 22.6 Å². The second-order valence-corrected chi connectivity index (χ2v) is 8.98. The largest absolute Gasteiger partial charge is 0.493 e. The summed E-state index contributed by atoms with van der Waals surface area (Å²) in [6.07, 6.45) is 1.57. The highest BCUT2D eigenvalue weighted by Crippen LogP contribution is 2.22. The molecule has 0 aliphatic carbocycles. The molecule has 0 atom stereocenters. The first-order chi connectivity index (χ1) is 16.9. The van der Waals surface area contributed by atoms with Gasteiger partial charge in [-0.3, -0.25) is 4.79 Å². The Bertz CT molecular complexity index is 1320. The van der Waals surface area contributed by atoms with Gasteiger partial charge in [0.05, 0.1) is 16.4 Å². The van der Waals surface area contributed by atoms with Crippen LogP contribution in [0.2, 0.25) is 0 Å². The minimum absolute atomic E-state index is 0.163. The highest BCUT2D eigenvalue weighted by Gasteiger charge is 2.11. The van der Waals surface area contributed by atoms with E-state index in [1.54, 1.807) is 18.3 Å². The smallest absolute Gasteiger partial charge is 0.307 e. The number of aromatic nitrogens is 1. The number of nitrogens with one attached hydrogen (secondary N) is 1. The van der Waals surface area contributed by atoms with Crippen LogP contribution in [0.4, 0.5) is 0 Å². The number of aryl methyl sites for hydroxylation is 2. The maximum Gasteiger partial charge on any atom is 0.307 e. The Hall–Kier alpha value is -3.53. The molecule has 35 heavy (non-hydrogen) atoms. The first kappa shape index (κ1) is 24.6. The van der Waals surface area contributed by atoms with Crippen LogP contribution in [0.15, 0.2) is 76.2 Å². The monoisotopic (exact) mass is 583 g/mol. The first-order valence-corrected chi connectivity index (χ1v) is 12.2. The van der Waals surface area contributed by atoms with Crippen LogP contribution in [0.25, 0.3) is 5.69 Å². The van der Waals surface area contributed by atoms with Crippen LogP contribution in [-0.2, 0) is 6.61 Å². The van der Waals surface area contributed by atoms with E-state index in [0.717, 1.165) is 20.6 Å². The summed E-state index contributed by atoms with van der Waals surface area (Å²) in [4.78, 5) is 12.4. The molecule has 4 aromatic rings. The minimum Gasteiger partial charge on any atom is -0.493 e. The summed E-state index contributed by atoms with van der Waals surface area (Å²) < 4.78 is 20.1. The summed E-state index contributed by atoms with van der Waals surface area (Å²) in [7, 11) is 0. The molecule has 1 N–H and O–H groups in total. The summed E-state index contributed by atoms with van der Waals surface area (Å²) in [6.45, 7) is 6.91. The summed E-state index contributed by atoms with van der Waals surface area (Å²) in [5.41, 5.74) is 6.76. The van der Waals surface area contributed by atoms with E-state index in [1.165, 1.54) is 11.4 Å². The molecule has 0 spiro atoms. The van der Waals surface area contributed by atoms with Crippen molar-refractivity contribution in [2.45, 2.75) is 27.4 Å². The van der Waals surface area contributed by atoms with Crippen LogP contribution in [0.5, 0.6) is 11.5 Å². The number of hydrazone groups is 1. The number of benzene rings is 2. The van der Waals surface area contributed by atoms with Gasteiger partial charge in [0.25, 0.3) is 0 Å². The van der Waals surface area contributed by atoms with Crippen molar-refractivity contribution in [1.82, 2.24) is 9.99 Å². The van der Waals surface area contributed by atoms with Crippen molar-refractivity contribution in [2.75, 3.05) is 6.61 Å². The lowest BCUT2D eigenvalue weighted by molar-refractivity contribution is 0.0923. The Morgan fingerprint density at radius 2 is 1.77 bits per heavy atom. The van der Waals surface area contributed by atoms with E-state index in [1.807, 2.05) is 49.4 Å². The average molecular weight is 583 g/mol. The predicted octanol–water partition coefficient (Wildman–Crippen LogP) is 6.03. The van der Waals surface area contributed by atoms with Crippen molar-refractivity contribution in [3.8, 4) is 17.2 Å². The Kier molecular flexibility index (Phi) is 7.91. The number of hydrogen-bond donors (Lipinski definition) is 1. The molecule has 1 amide bonds. The van der Waals surface area contributed by atoms with E-state index in [4.69, 9.17) is 13.9 Å². The summed E-state index contributed by atoms with van der Waals surface area (Å²) >= 11 is 2.20. The molecule has 180 valence electrons. The number of rotatable bonds is 9. The number of carbonyl (C=O) groups excluding carboxylic acids is 1. The Morgan fingerprint density at radius 1 is 1.03 bits per heavy atom. The first-order valence-electron chi connectivity index (χ1n) is 11.2. The second kappa shape index (κ2) is 11.3. The number of amides is 1. The predicted molar refractivity (Wildman–Crippen MR) is 144 cm³/mol. The van der Waals surface area contributed by atoms with E-state index in [9.17, 15) is 4.79 Å². The van der Waals surface area contributed by atoms with Crippen LogP contribution in [0.3, 0.4) is 0 Å². The minimum atomic E-state index is -0.435. The number of nitrogens with zero attached hydrogens (tertiary/aromatic N) is 2. The Balaban J connectivity index is 1.30. The van der Waals surface area contributed by atoms with Gasteiger partial charge in [0.2, 0.25) is 0 Å². The summed E-state index contributed by atoms with van der Waals surface area (Å²) in [5.74, 6) is 1.81. The zero-order valence-corrected chi connectivity index (χ0v) is 21.9. The van der Waals surface area contributed by atoms with E-state index in [2.05, 4.69) is 63.7 Å². The number of carbonyl (C=O) groups is 1. The molecule has 0 fully saturated rings. The third kappa shape index (κ3) is 6.13. The molecule has 2 aromatic heterocycles. The molecule has 0 unspecified atom stereocenters. The van der Waals surface area contributed by atoms with Crippen molar-refractivity contribution in [2.24, 2.45) is 5.10 Å². The summed E-state index contributed by atoms with van der Waals surface area (Å²) in [5, 5.41) is 4.02. The molecule has 2 heterocycles. The number of furan rings is 1. The van der Waals surface area contributed by atoms with Crippen molar-refractivity contribution >= 4 is 34.7 Å². The normalized spacial score (nSPS) is 11.1. The standard InChI is InChI=1S/C27H26IN3O4/c1-4-33-25-13-7-20(15-24(25)28)16-29-30-27(32)26-14-12-23(35-26)17-34-22-10-8-21(9-11-22)31-18(2)5-6-19(31)3/h5-16H,4,17H2,1-3H3,(H,30,32)/b29-16+. The molecule has 7 nitrogen and oxygen atoms in total. The van der Waals surface area contributed by atoms with Gasteiger partial charge in [-0.25, -0.2) is 5.43 Å². The average Bonchev–Trinajstić information content (AvgIpc) is 3.46. The molecule has 2 aromatic carbocycles. The molecule has 0 saturated carbocycles. The number of hydrogen-bond acceptors (Lipinski definition) is 5. The molecular weight excluding hydrogens is 557 g/mol. The summed E-state index contributed by atoms with van der Waals surface area (Å²) in [6, 6.07) is 21.0. The zero-order chi connectivity index (χ0) is 24.8. The zero-order valence-electron chi connectivity index (χ0n) is 19.7. The number of halogens is 1. The Morgan fingerprint density at radius 3 is 2.46 bits per heavy atom. The van der Waals surface area contributed by atoms with Crippen molar-refractivity contribution < 1.29 is 18.7 Å². The van der Waals surface area contributed by atoms with Gasteiger partial charge in [0, 0.05) is 17.1 Å². The molecule has 0 bridgehead atoms. The maximum absolute atomic E-state index is 12.4.